The van der Waals surface area contributed by atoms with Crippen LogP contribution in [-0.4, -0.2) is 66.9 Å². The molecule has 1 unspecified atom stereocenters. The van der Waals surface area contributed by atoms with E-state index in [0.717, 1.165) is 43.1 Å². The van der Waals surface area contributed by atoms with Crippen molar-refractivity contribution in [3.63, 3.8) is 0 Å². The molecule has 124 valence electrons. The van der Waals surface area contributed by atoms with Gasteiger partial charge in [0.25, 0.3) is 0 Å². The smallest absolute Gasteiger partial charge is 0.125 e. The van der Waals surface area contributed by atoms with E-state index in [1.54, 1.807) is 0 Å². The molecule has 1 atom stereocenters. The van der Waals surface area contributed by atoms with Crippen LogP contribution in [0.2, 0.25) is 0 Å². The van der Waals surface area contributed by atoms with Gasteiger partial charge >= 0.3 is 0 Å². The number of likely N-dealkylation sites (N-methyl/N-ethyl adjacent to an activating group) is 1. The highest BCUT2D eigenvalue weighted by Gasteiger charge is 2.17. The van der Waals surface area contributed by atoms with Crippen LogP contribution in [0.5, 0.6) is 5.75 Å². The van der Waals surface area contributed by atoms with Gasteiger partial charge in [-0.1, -0.05) is 25.1 Å². The van der Waals surface area contributed by atoms with Crippen LogP contribution in [0, 0.1) is 13.8 Å². The summed E-state index contributed by atoms with van der Waals surface area (Å²) in [5.41, 5.74) is 2.25. The van der Waals surface area contributed by atoms with E-state index in [4.69, 9.17) is 4.74 Å². The number of rotatable bonds is 6. The van der Waals surface area contributed by atoms with Crippen molar-refractivity contribution in [2.45, 2.75) is 33.3 Å². The summed E-state index contributed by atoms with van der Waals surface area (Å²) >= 11 is 0. The third-order valence-corrected chi connectivity index (χ3v) is 4.43. The molecule has 0 bridgehead atoms. The first-order chi connectivity index (χ1) is 10.6. The maximum Gasteiger partial charge on any atom is 0.125 e. The number of aliphatic hydroxyl groups excluding tert-OH is 1. The Hall–Kier alpha value is -1.10. The summed E-state index contributed by atoms with van der Waals surface area (Å²) in [7, 11) is 0. The third kappa shape index (κ3) is 4.97. The predicted octanol–water partition coefficient (Wildman–Crippen LogP) is 2.07. The van der Waals surface area contributed by atoms with E-state index < -0.39 is 6.10 Å². The van der Waals surface area contributed by atoms with Gasteiger partial charge in [0.2, 0.25) is 0 Å². The van der Waals surface area contributed by atoms with E-state index in [9.17, 15) is 5.11 Å². The van der Waals surface area contributed by atoms with Gasteiger partial charge < -0.3 is 14.7 Å². The van der Waals surface area contributed by atoms with E-state index in [2.05, 4.69) is 16.7 Å². The maximum absolute atomic E-state index is 10.3. The molecular formula is C18H30N2O2. The van der Waals surface area contributed by atoms with Crippen LogP contribution in [0.25, 0.3) is 0 Å². The lowest BCUT2D eigenvalue weighted by molar-refractivity contribution is 0.0689. The first-order valence-electron chi connectivity index (χ1n) is 8.42. The van der Waals surface area contributed by atoms with E-state index in [1.165, 1.54) is 13.0 Å². The van der Waals surface area contributed by atoms with Gasteiger partial charge in [-0.05, 0) is 51.0 Å². The Morgan fingerprint density at radius 3 is 2.41 bits per heavy atom. The van der Waals surface area contributed by atoms with Gasteiger partial charge in [-0.25, -0.2) is 0 Å². The van der Waals surface area contributed by atoms with Gasteiger partial charge in [0.1, 0.15) is 18.5 Å². The van der Waals surface area contributed by atoms with Gasteiger partial charge in [0, 0.05) is 19.6 Å². The van der Waals surface area contributed by atoms with E-state index in [-0.39, 0.29) is 0 Å². The van der Waals surface area contributed by atoms with Gasteiger partial charge in [-0.15, -0.1) is 0 Å². The van der Waals surface area contributed by atoms with E-state index in [0.29, 0.717) is 13.2 Å². The van der Waals surface area contributed by atoms with Crippen LogP contribution in [0.3, 0.4) is 0 Å². The normalized spacial score (nSPS) is 18.9. The lowest BCUT2D eigenvalue weighted by atomic mass is 10.1. The fraction of sp³-hybridized carbons (Fsp3) is 0.667. The molecule has 0 spiro atoms. The number of aliphatic hydroxyl groups is 1. The SMILES string of the molecule is CCN1CCCN(CC(O)COc2c(C)cccc2C)CC1. The summed E-state index contributed by atoms with van der Waals surface area (Å²) in [6, 6.07) is 6.12. The standard InChI is InChI=1S/C18H30N2O2/c1-4-19-9-6-10-20(12-11-19)13-17(21)14-22-18-15(2)7-5-8-16(18)3/h5,7-8,17,21H,4,6,9-14H2,1-3H3. The van der Waals surface area contributed by atoms with Crippen molar-refractivity contribution in [1.29, 1.82) is 0 Å². The number of hydrogen-bond donors (Lipinski definition) is 1. The summed E-state index contributed by atoms with van der Waals surface area (Å²) in [5.74, 6) is 0.912. The second-order valence-electron chi connectivity index (χ2n) is 6.27. The summed E-state index contributed by atoms with van der Waals surface area (Å²) in [6.07, 6.45) is 0.741. The monoisotopic (exact) mass is 306 g/mol. The molecule has 0 amide bonds. The molecule has 4 heteroatoms. The Labute approximate surface area is 134 Å². The summed E-state index contributed by atoms with van der Waals surface area (Å²) in [5, 5.41) is 10.3. The van der Waals surface area contributed by atoms with Crippen LogP contribution in [-0.2, 0) is 0 Å². The minimum Gasteiger partial charge on any atom is -0.490 e. The molecule has 0 aliphatic carbocycles. The second-order valence-corrected chi connectivity index (χ2v) is 6.27. The topological polar surface area (TPSA) is 35.9 Å². The Kier molecular flexibility index (Phi) is 6.68. The lowest BCUT2D eigenvalue weighted by Gasteiger charge is -2.24. The number of β-amino-alcohol motifs (C(OH)–C–C–N with tert-alkyl or cyclic N) is 1. The Morgan fingerprint density at radius 1 is 1.09 bits per heavy atom. The minimum atomic E-state index is -0.438. The van der Waals surface area contributed by atoms with Crippen LogP contribution < -0.4 is 4.74 Å². The van der Waals surface area contributed by atoms with Crippen LogP contribution in [0.4, 0.5) is 0 Å². The summed E-state index contributed by atoms with van der Waals surface area (Å²) in [4.78, 5) is 4.83. The predicted molar refractivity (Wildman–Crippen MR) is 90.6 cm³/mol. The highest BCUT2D eigenvalue weighted by molar-refractivity contribution is 5.39. The molecule has 1 fully saturated rings. The van der Waals surface area contributed by atoms with Crippen molar-refractivity contribution in [1.82, 2.24) is 9.80 Å². The number of ether oxygens (including phenoxy) is 1. The molecule has 1 aromatic carbocycles. The van der Waals surface area contributed by atoms with Crippen molar-refractivity contribution in [2.75, 3.05) is 45.9 Å². The van der Waals surface area contributed by atoms with Crippen molar-refractivity contribution in [3.05, 3.63) is 29.3 Å². The summed E-state index contributed by atoms with van der Waals surface area (Å²) < 4.78 is 5.86. The largest absolute Gasteiger partial charge is 0.490 e. The molecule has 1 aliphatic rings. The number of nitrogens with zero attached hydrogens (tertiary/aromatic N) is 2. The molecule has 1 N–H and O–H groups in total. The molecule has 0 radical (unpaired) electrons. The second kappa shape index (κ2) is 8.51. The van der Waals surface area contributed by atoms with Crippen molar-refractivity contribution < 1.29 is 9.84 Å². The van der Waals surface area contributed by atoms with Gasteiger partial charge in [-0.2, -0.15) is 0 Å². The average Bonchev–Trinajstić information content (AvgIpc) is 2.72. The minimum absolute atomic E-state index is 0.361. The molecule has 2 rings (SSSR count). The van der Waals surface area contributed by atoms with Crippen LogP contribution in [0.1, 0.15) is 24.5 Å². The average molecular weight is 306 g/mol. The Morgan fingerprint density at radius 2 is 1.73 bits per heavy atom. The molecule has 0 saturated carbocycles. The number of aryl methyl sites for hydroxylation is 2. The van der Waals surface area contributed by atoms with Gasteiger partial charge in [0.05, 0.1) is 0 Å². The van der Waals surface area contributed by atoms with E-state index in [1.807, 2.05) is 32.0 Å². The first-order valence-corrected chi connectivity index (χ1v) is 8.42. The molecule has 4 nitrogen and oxygen atoms in total. The molecule has 22 heavy (non-hydrogen) atoms. The molecular weight excluding hydrogens is 276 g/mol. The molecule has 1 aromatic rings. The van der Waals surface area contributed by atoms with Crippen LogP contribution >= 0.6 is 0 Å². The Balaban J connectivity index is 1.79. The molecule has 1 aliphatic heterocycles. The van der Waals surface area contributed by atoms with Gasteiger partial charge in [-0.3, -0.25) is 4.90 Å². The fourth-order valence-corrected chi connectivity index (χ4v) is 3.08. The molecule has 1 saturated heterocycles. The number of hydrogen-bond acceptors (Lipinski definition) is 4. The maximum atomic E-state index is 10.3. The number of para-hydroxylation sites is 1. The van der Waals surface area contributed by atoms with Crippen molar-refractivity contribution in [3.8, 4) is 5.75 Å². The number of benzene rings is 1. The molecule has 1 heterocycles. The van der Waals surface area contributed by atoms with Gasteiger partial charge in [0.15, 0.2) is 0 Å². The zero-order chi connectivity index (χ0) is 15.9. The summed E-state index contributed by atoms with van der Waals surface area (Å²) in [6.45, 7) is 12.8. The highest BCUT2D eigenvalue weighted by Crippen LogP contribution is 2.22. The van der Waals surface area contributed by atoms with Crippen LogP contribution in [0.15, 0.2) is 18.2 Å². The fourth-order valence-electron chi connectivity index (χ4n) is 3.08. The zero-order valence-corrected chi connectivity index (χ0v) is 14.2. The third-order valence-electron chi connectivity index (χ3n) is 4.43. The van der Waals surface area contributed by atoms with Crippen molar-refractivity contribution in [2.24, 2.45) is 0 Å². The highest BCUT2D eigenvalue weighted by atomic mass is 16.5. The first kappa shape index (κ1) is 17.3. The zero-order valence-electron chi connectivity index (χ0n) is 14.2. The van der Waals surface area contributed by atoms with E-state index >= 15 is 0 Å². The Bertz CT molecular complexity index is 444. The quantitative estimate of drug-likeness (QED) is 0.873. The molecule has 0 aromatic heterocycles. The van der Waals surface area contributed by atoms with Crippen molar-refractivity contribution >= 4 is 0 Å². The lowest BCUT2D eigenvalue weighted by Crippen LogP contribution is -2.38.